The van der Waals surface area contributed by atoms with Crippen molar-refractivity contribution in [3.63, 3.8) is 0 Å². The fourth-order valence-corrected chi connectivity index (χ4v) is 1.36. The molecule has 1 aliphatic rings. The van der Waals surface area contributed by atoms with Crippen molar-refractivity contribution in [2.75, 3.05) is 6.54 Å². The van der Waals surface area contributed by atoms with Crippen LogP contribution in [0.4, 0.5) is 4.79 Å². The zero-order chi connectivity index (χ0) is 8.97. The van der Waals surface area contributed by atoms with E-state index in [1.54, 1.807) is 0 Å². The molecule has 0 atom stereocenters. The Morgan fingerprint density at radius 2 is 1.92 bits per heavy atom. The Labute approximate surface area is 71.2 Å². The van der Waals surface area contributed by atoms with Gasteiger partial charge in [0.25, 0.3) is 0 Å². The molecule has 0 radical (unpaired) electrons. The predicted molar refractivity (Wildman–Crippen MR) is 42.8 cm³/mol. The standard InChI is InChI=1S/C8H13NO3/c10-7-5-3-1-2-4-6-9(7)8(11)12/h1-6H2,(H,11,12). The molecule has 68 valence electrons. The third-order valence-corrected chi connectivity index (χ3v) is 2.05. The molecule has 0 unspecified atom stereocenters. The van der Waals surface area contributed by atoms with Gasteiger partial charge < -0.3 is 5.11 Å². The molecule has 2 amide bonds. The average Bonchev–Trinajstić information content (AvgIpc) is 1.96. The molecule has 4 heteroatoms. The topological polar surface area (TPSA) is 57.6 Å². The van der Waals surface area contributed by atoms with Gasteiger partial charge in [0.1, 0.15) is 0 Å². The second-order valence-electron chi connectivity index (χ2n) is 2.99. The second-order valence-corrected chi connectivity index (χ2v) is 2.99. The number of carbonyl (C=O) groups excluding carboxylic acids is 1. The largest absolute Gasteiger partial charge is 0.465 e. The minimum Gasteiger partial charge on any atom is -0.465 e. The van der Waals surface area contributed by atoms with E-state index in [1.165, 1.54) is 0 Å². The Morgan fingerprint density at radius 1 is 1.25 bits per heavy atom. The highest BCUT2D eigenvalue weighted by Gasteiger charge is 2.20. The number of nitrogens with zero attached hydrogens (tertiary/aromatic N) is 1. The number of likely N-dealkylation sites (tertiary alicyclic amines) is 1. The third kappa shape index (κ3) is 2.22. The molecule has 1 rings (SSSR count). The van der Waals surface area contributed by atoms with Crippen molar-refractivity contribution >= 4 is 12.0 Å². The Morgan fingerprint density at radius 3 is 2.58 bits per heavy atom. The summed E-state index contributed by atoms with van der Waals surface area (Å²) in [6.45, 7) is 0.369. The fraction of sp³-hybridized carbons (Fsp3) is 0.750. The van der Waals surface area contributed by atoms with Gasteiger partial charge in [0.05, 0.1) is 0 Å². The van der Waals surface area contributed by atoms with Crippen molar-refractivity contribution in [3.05, 3.63) is 0 Å². The molecule has 1 aliphatic heterocycles. The van der Waals surface area contributed by atoms with E-state index in [0.29, 0.717) is 13.0 Å². The van der Waals surface area contributed by atoms with Crippen LogP contribution in [0.2, 0.25) is 0 Å². The highest BCUT2D eigenvalue weighted by Crippen LogP contribution is 2.11. The first-order valence-corrected chi connectivity index (χ1v) is 4.25. The molecule has 1 N–H and O–H groups in total. The van der Waals surface area contributed by atoms with Gasteiger partial charge in [-0.05, 0) is 12.8 Å². The number of hydrogen-bond acceptors (Lipinski definition) is 2. The van der Waals surface area contributed by atoms with Gasteiger partial charge in [-0.1, -0.05) is 12.8 Å². The van der Waals surface area contributed by atoms with Gasteiger partial charge in [0.2, 0.25) is 5.91 Å². The maximum Gasteiger partial charge on any atom is 0.414 e. The molecular weight excluding hydrogens is 158 g/mol. The number of carboxylic acid groups (broad SMARTS) is 1. The van der Waals surface area contributed by atoms with E-state index in [4.69, 9.17) is 5.11 Å². The SMILES string of the molecule is O=C(O)N1CCCCCCC1=O. The first-order valence-electron chi connectivity index (χ1n) is 4.25. The van der Waals surface area contributed by atoms with E-state index < -0.39 is 6.09 Å². The van der Waals surface area contributed by atoms with Crippen LogP contribution in [0.15, 0.2) is 0 Å². The monoisotopic (exact) mass is 171 g/mol. The molecule has 0 aromatic carbocycles. The van der Waals surface area contributed by atoms with E-state index >= 15 is 0 Å². The van der Waals surface area contributed by atoms with E-state index in [1.807, 2.05) is 0 Å². The molecule has 0 aliphatic carbocycles. The number of carbonyl (C=O) groups is 2. The predicted octanol–water partition coefficient (Wildman–Crippen LogP) is 1.46. The Hall–Kier alpha value is -1.06. The summed E-state index contributed by atoms with van der Waals surface area (Å²) in [5, 5.41) is 8.63. The third-order valence-electron chi connectivity index (χ3n) is 2.05. The quantitative estimate of drug-likeness (QED) is 0.600. The second kappa shape index (κ2) is 4.09. The summed E-state index contributed by atoms with van der Waals surface area (Å²) in [6.07, 6.45) is 2.96. The lowest BCUT2D eigenvalue weighted by atomic mass is 10.1. The van der Waals surface area contributed by atoms with Crippen molar-refractivity contribution in [2.24, 2.45) is 0 Å². The molecule has 4 nitrogen and oxygen atoms in total. The molecule has 1 fully saturated rings. The molecule has 0 aromatic rings. The van der Waals surface area contributed by atoms with Crippen LogP contribution in [-0.4, -0.2) is 28.6 Å². The van der Waals surface area contributed by atoms with E-state index in [0.717, 1.165) is 30.6 Å². The van der Waals surface area contributed by atoms with Gasteiger partial charge in [0, 0.05) is 13.0 Å². The summed E-state index contributed by atoms with van der Waals surface area (Å²) in [5.41, 5.74) is 0. The van der Waals surface area contributed by atoms with Crippen LogP contribution in [-0.2, 0) is 4.79 Å². The van der Waals surface area contributed by atoms with E-state index in [2.05, 4.69) is 0 Å². The molecule has 0 saturated carbocycles. The molecule has 0 spiro atoms. The molecule has 1 heterocycles. The van der Waals surface area contributed by atoms with E-state index in [-0.39, 0.29) is 5.91 Å². The zero-order valence-corrected chi connectivity index (χ0v) is 6.95. The summed E-state index contributed by atoms with van der Waals surface area (Å²) in [4.78, 5) is 22.6. The minimum atomic E-state index is -1.11. The summed E-state index contributed by atoms with van der Waals surface area (Å²) in [7, 11) is 0. The van der Waals surface area contributed by atoms with Crippen LogP contribution < -0.4 is 0 Å². The van der Waals surface area contributed by atoms with Crippen molar-refractivity contribution in [1.82, 2.24) is 4.90 Å². The summed E-state index contributed by atoms with van der Waals surface area (Å²) < 4.78 is 0. The maximum atomic E-state index is 11.2. The van der Waals surface area contributed by atoms with Crippen LogP contribution in [0.3, 0.4) is 0 Å². The number of hydrogen-bond donors (Lipinski definition) is 1. The number of amides is 2. The summed E-state index contributed by atoms with van der Waals surface area (Å²) >= 11 is 0. The van der Waals surface area contributed by atoms with Gasteiger partial charge >= 0.3 is 6.09 Å². The smallest absolute Gasteiger partial charge is 0.414 e. The molecule has 12 heavy (non-hydrogen) atoms. The first-order chi connectivity index (χ1) is 5.72. The fourth-order valence-electron chi connectivity index (χ4n) is 1.36. The number of imide groups is 1. The van der Waals surface area contributed by atoms with Crippen molar-refractivity contribution in [2.45, 2.75) is 32.1 Å². The average molecular weight is 171 g/mol. The van der Waals surface area contributed by atoms with Gasteiger partial charge in [0.15, 0.2) is 0 Å². The van der Waals surface area contributed by atoms with Crippen LogP contribution in [0.1, 0.15) is 32.1 Å². The van der Waals surface area contributed by atoms with Gasteiger partial charge in [-0.25, -0.2) is 9.69 Å². The Bertz CT molecular complexity index is 191. The molecule has 0 bridgehead atoms. The van der Waals surface area contributed by atoms with Gasteiger partial charge in [-0.15, -0.1) is 0 Å². The highest BCUT2D eigenvalue weighted by molar-refractivity contribution is 5.91. The van der Waals surface area contributed by atoms with Crippen LogP contribution in [0, 0.1) is 0 Å². The minimum absolute atomic E-state index is 0.248. The Balaban J connectivity index is 2.55. The van der Waals surface area contributed by atoms with E-state index in [9.17, 15) is 9.59 Å². The lowest BCUT2D eigenvalue weighted by Crippen LogP contribution is -2.37. The normalized spacial score (nSPS) is 20.0. The zero-order valence-electron chi connectivity index (χ0n) is 6.95. The Kier molecular flexibility index (Phi) is 3.08. The molecular formula is C8H13NO3. The van der Waals surface area contributed by atoms with Gasteiger partial charge in [-0.3, -0.25) is 4.79 Å². The lowest BCUT2D eigenvalue weighted by Gasteiger charge is -2.19. The maximum absolute atomic E-state index is 11.2. The van der Waals surface area contributed by atoms with Gasteiger partial charge in [-0.2, -0.15) is 0 Å². The van der Waals surface area contributed by atoms with Crippen LogP contribution in [0.25, 0.3) is 0 Å². The first kappa shape index (κ1) is 9.03. The summed E-state index contributed by atoms with van der Waals surface area (Å²) in [5.74, 6) is -0.248. The molecule has 0 aromatic heterocycles. The van der Waals surface area contributed by atoms with Crippen molar-refractivity contribution < 1.29 is 14.7 Å². The highest BCUT2D eigenvalue weighted by atomic mass is 16.4. The number of rotatable bonds is 0. The van der Waals surface area contributed by atoms with Crippen LogP contribution >= 0.6 is 0 Å². The summed E-state index contributed by atoms with van der Waals surface area (Å²) in [6, 6.07) is 0. The molecule has 1 saturated heterocycles. The van der Waals surface area contributed by atoms with Crippen LogP contribution in [0.5, 0.6) is 0 Å². The lowest BCUT2D eigenvalue weighted by molar-refractivity contribution is -0.129. The van der Waals surface area contributed by atoms with Crippen molar-refractivity contribution in [1.29, 1.82) is 0 Å². The van der Waals surface area contributed by atoms with Crippen molar-refractivity contribution in [3.8, 4) is 0 Å².